The lowest BCUT2D eigenvalue weighted by Gasteiger charge is -2.29. The van der Waals surface area contributed by atoms with Crippen LogP contribution in [-0.2, 0) is 17.8 Å². The first-order valence-electron chi connectivity index (χ1n) is 6.39. The van der Waals surface area contributed by atoms with Gasteiger partial charge in [-0.3, -0.25) is 9.69 Å². The van der Waals surface area contributed by atoms with Crippen molar-refractivity contribution < 1.29 is 14.7 Å². The van der Waals surface area contributed by atoms with Crippen LogP contribution >= 0.6 is 0 Å². The van der Waals surface area contributed by atoms with Crippen LogP contribution in [-0.4, -0.2) is 41.5 Å². The minimum Gasteiger partial charge on any atom is -0.478 e. The number of carboxylic acid groups (broad SMARTS) is 1. The Morgan fingerprint density at radius 2 is 2.21 bits per heavy atom. The van der Waals surface area contributed by atoms with E-state index in [0.717, 1.165) is 37.2 Å². The van der Waals surface area contributed by atoms with Crippen molar-refractivity contribution in [3.8, 4) is 0 Å². The lowest BCUT2D eigenvalue weighted by molar-refractivity contribution is -0.119. The van der Waals surface area contributed by atoms with Crippen LogP contribution in [0.5, 0.6) is 0 Å². The van der Waals surface area contributed by atoms with Crippen molar-refractivity contribution in [2.45, 2.75) is 19.9 Å². The van der Waals surface area contributed by atoms with Gasteiger partial charge in [-0.05, 0) is 23.6 Å². The Morgan fingerprint density at radius 1 is 1.42 bits per heavy atom. The molecule has 1 amide bonds. The molecule has 0 unspecified atom stereocenters. The van der Waals surface area contributed by atoms with E-state index < -0.39 is 5.97 Å². The van der Waals surface area contributed by atoms with E-state index in [-0.39, 0.29) is 5.91 Å². The van der Waals surface area contributed by atoms with Crippen molar-refractivity contribution >= 4 is 11.9 Å². The molecule has 0 atom stereocenters. The number of carbonyl (C=O) groups excluding carboxylic acids is 1. The maximum Gasteiger partial charge on any atom is 0.335 e. The monoisotopic (exact) mass is 262 g/mol. The summed E-state index contributed by atoms with van der Waals surface area (Å²) in [6, 6.07) is 5.43. The van der Waals surface area contributed by atoms with E-state index >= 15 is 0 Å². The molecular formula is C14H18N2O3. The van der Waals surface area contributed by atoms with Crippen molar-refractivity contribution in [2.75, 3.05) is 19.6 Å². The second kappa shape index (κ2) is 5.84. The molecule has 1 aromatic carbocycles. The van der Waals surface area contributed by atoms with Crippen LogP contribution < -0.4 is 5.32 Å². The first-order chi connectivity index (χ1) is 9.08. The van der Waals surface area contributed by atoms with E-state index in [0.29, 0.717) is 12.1 Å². The van der Waals surface area contributed by atoms with Gasteiger partial charge in [0.15, 0.2) is 0 Å². The number of rotatable bonds is 4. The summed E-state index contributed by atoms with van der Waals surface area (Å²) in [5.41, 5.74) is 2.44. The minimum absolute atomic E-state index is 0.0226. The average molecular weight is 262 g/mol. The molecule has 0 bridgehead atoms. The molecule has 0 saturated heterocycles. The fraction of sp³-hybridized carbons (Fsp3) is 0.429. The summed E-state index contributed by atoms with van der Waals surface area (Å²) in [7, 11) is 0. The van der Waals surface area contributed by atoms with Gasteiger partial charge in [0.1, 0.15) is 0 Å². The number of hydrogen-bond donors (Lipinski definition) is 2. The van der Waals surface area contributed by atoms with Crippen molar-refractivity contribution in [3.63, 3.8) is 0 Å². The summed E-state index contributed by atoms with van der Waals surface area (Å²) in [6.45, 7) is 4.50. The SMILES string of the molecule is CC(=O)NCCN1CCc2c(cccc2C(=O)O)C1. The van der Waals surface area contributed by atoms with E-state index in [9.17, 15) is 9.59 Å². The number of amides is 1. The standard InChI is InChI=1S/C14H18N2O3/c1-10(17)15-6-8-16-7-5-12-11(9-16)3-2-4-13(12)14(18)19/h2-4H,5-9H2,1H3,(H,15,17)(H,18,19). The molecule has 0 radical (unpaired) electrons. The molecular weight excluding hydrogens is 244 g/mol. The highest BCUT2D eigenvalue weighted by Gasteiger charge is 2.20. The van der Waals surface area contributed by atoms with Gasteiger partial charge in [0.05, 0.1) is 5.56 Å². The fourth-order valence-electron chi connectivity index (χ4n) is 2.45. The van der Waals surface area contributed by atoms with E-state index in [1.165, 1.54) is 6.92 Å². The number of fused-ring (bicyclic) bond motifs is 1. The zero-order chi connectivity index (χ0) is 13.8. The molecule has 2 rings (SSSR count). The van der Waals surface area contributed by atoms with Gasteiger partial charge in [-0.2, -0.15) is 0 Å². The third-order valence-electron chi connectivity index (χ3n) is 3.38. The lowest BCUT2D eigenvalue weighted by atomic mass is 9.94. The van der Waals surface area contributed by atoms with E-state index in [1.54, 1.807) is 12.1 Å². The second-order valence-corrected chi connectivity index (χ2v) is 4.76. The maximum atomic E-state index is 11.1. The Labute approximate surface area is 112 Å². The Hall–Kier alpha value is -1.88. The summed E-state index contributed by atoms with van der Waals surface area (Å²) in [5.74, 6) is -0.880. The molecule has 102 valence electrons. The number of aromatic carboxylic acids is 1. The average Bonchev–Trinajstić information content (AvgIpc) is 2.37. The van der Waals surface area contributed by atoms with Crippen molar-refractivity contribution in [2.24, 2.45) is 0 Å². The van der Waals surface area contributed by atoms with Gasteiger partial charge in [0, 0.05) is 33.1 Å². The van der Waals surface area contributed by atoms with Crippen LogP contribution in [0.25, 0.3) is 0 Å². The molecule has 0 saturated carbocycles. The van der Waals surface area contributed by atoms with Gasteiger partial charge in [-0.15, -0.1) is 0 Å². The van der Waals surface area contributed by atoms with Crippen molar-refractivity contribution in [3.05, 3.63) is 34.9 Å². The van der Waals surface area contributed by atoms with Gasteiger partial charge in [-0.1, -0.05) is 12.1 Å². The van der Waals surface area contributed by atoms with E-state index in [2.05, 4.69) is 10.2 Å². The Bertz CT molecular complexity index is 499. The lowest BCUT2D eigenvalue weighted by Crippen LogP contribution is -2.37. The molecule has 1 aliphatic rings. The number of carboxylic acids is 1. The highest BCUT2D eigenvalue weighted by Crippen LogP contribution is 2.22. The van der Waals surface area contributed by atoms with Crippen molar-refractivity contribution in [1.29, 1.82) is 0 Å². The van der Waals surface area contributed by atoms with Gasteiger partial charge >= 0.3 is 5.97 Å². The highest BCUT2D eigenvalue weighted by atomic mass is 16.4. The van der Waals surface area contributed by atoms with Crippen LogP contribution in [0.2, 0.25) is 0 Å². The van der Waals surface area contributed by atoms with Crippen LogP contribution in [0, 0.1) is 0 Å². The zero-order valence-corrected chi connectivity index (χ0v) is 11.0. The molecule has 0 fully saturated rings. The molecule has 0 aromatic heterocycles. The molecule has 1 aliphatic heterocycles. The first kappa shape index (κ1) is 13.5. The second-order valence-electron chi connectivity index (χ2n) is 4.76. The number of nitrogens with one attached hydrogen (secondary N) is 1. The van der Waals surface area contributed by atoms with Gasteiger partial charge in [0.2, 0.25) is 5.91 Å². The molecule has 2 N–H and O–H groups in total. The maximum absolute atomic E-state index is 11.1. The predicted octanol–water partition coefficient (Wildman–Crippen LogP) is 0.879. The summed E-state index contributed by atoms with van der Waals surface area (Å²) in [4.78, 5) is 24.2. The first-order valence-corrected chi connectivity index (χ1v) is 6.39. The summed E-state index contributed by atoms with van der Waals surface area (Å²) in [6.07, 6.45) is 0.748. The summed E-state index contributed by atoms with van der Waals surface area (Å²) >= 11 is 0. The molecule has 0 spiro atoms. The van der Waals surface area contributed by atoms with Crippen molar-refractivity contribution in [1.82, 2.24) is 10.2 Å². The minimum atomic E-state index is -0.858. The van der Waals surface area contributed by atoms with E-state index in [4.69, 9.17) is 5.11 Å². The molecule has 5 heteroatoms. The van der Waals surface area contributed by atoms with Crippen LogP contribution in [0.4, 0.5) is 0 Å². The van der Waals surface area contributed by atoms with Gasteiger partial charge in [0.25, 0.3) is 0 Å². The smallest absolute Gasteiger partial charge is 0.335 e. The third kappa shape index (κ3) is 3.32. The van der Waals surface area contributed by atoms with Crippen LogP contribution in [0.15, 0.2) is 18.2 Å². The number of carbonyl (C=O) groups is 2. The predicted molar refractivity (Wildman–Crippen MR) is 71.1 cm³/mol. The Morgan fingerprint density at radius 3 is 2.89 bits per heavy atom. The number of hydrogen-bond acceptors (Lipinski definition) is 3. The Kier molecular flexibility index (Phi) is 4.16. The van der Waals surface area contributed by atoms with Crippen LogP contribution in [0.3, 0.4) is 0 Å². The van der Waals surface area contributed by atoms with Crippen LogP contribution in [0.1, 0.15) is 28.4 Å². The molecule has 0 aliphatic carbocycles. The zero-order valence-electron chi connectivity index (χ0n) is 11.0. The molecule has 1 heterocycles. The molecule has 1 aromatic rings. The van der Waals surface area contributed by atoms with Gasteiger partial charge in [-0.25, -0.2) is 4.79 Å². The number of nitrogens with zero attached hydrogens (tertiary/aromatic N) is 1. The normalized spacial score (nSPS) is 14.8. The molecule has 19 heavy (non-hydrogen) atoms. The quantitative estimate of drug-likeness (QED) is 0.845. The van der Waals surface area contributed by atoms with E-state index in [1.807, 2.05) is 6.07 Å². The highest BCUT2D eigenvalue weighted by molar-refractivity contribution is 5.89. The summed E-state index contributed by atoms with van der Waals surface area (Å²) in [5, 5.41) is 11.9. The molecule has 5 nitrogen and oxygen atoms in total. The number of benzene rings is 1. The Balaban J connectivity index is 2.02. The summed E-state index contributed by atoms with van der Waals surface area (Å²) < 4.78 is 0. The largest absolute Gasteiger partial charge is 0.478 e. The third-order valence-corrected chi connectivity index (χ3v) is 3.38. The topological polar surface area (TPSA) is 69.6 Å². The van der Waals surface area contributed by atoms with Gasteiger partial charge < -0.3 is 10.4 Å². The fourth-order valence-corrected chi connectivity index (χ4v) is 2.45.